The van der Waals surface area contributed by atoms with Gasteiger partial charge in [-0.2, -0.15) is 0 Å². The molecule has 0 aromatic rings. The van der Waals surface area contributed by atoms with Crippen LogP contribution in [0, 0.1) is 0 Å². The standard InChI is InChI=1S/C74H126O6/c1-4-7-10-13-16-19-22-25-28-30-32-34-35-36-37-38-39-41-42-44-46-49-52-55-58-61-64-67-73(76)79-70-71(69-78-72(75)66-63-60-57-54-51-48-27-24-21-18-15-12-9-6-3)80-74(77)68-65-62-59-56-53-50-47-45-43-40-33-31-29-26-23-20-17-14-11-8-5-2/h8,11,15,17-18,20,24,26-27,29-30,32-33,40,45,47,53,56,71H,4-7,9-10,12-14,16,19,21-23,25,28,31,34-39,41-44,46,48-52,54-55,57-70H2,1-3H3/b11-8-,18-15-,20-17-,27-24-,29-26-,32-30-,40-33-,47-45-,56-53-. The van der Waals surface area contributed by atoms with E-state index in [-0.39, 0.29) is 37.5 Å². The van der Waals surface area contributed by atoms with Crippen LogP contribution in [-0.4, -0.2) is 37.2 Å². The predicted octanol–water partition coefficient (Wildman–Crippen LogP) is 23.4. The van der Waals surface area contributed by atoms with Crippen LogP contribution < -0.4 is 0 Å². The normalized spacial score (nSPS) is 12.8. The topological polar surface area (TPSA) is 78.9 Å². The van der Waals surface area contributed by atoms with Gasteiger partial charge in [0.05, 0.1) is 0 Å². The highest BCUT2D eigenvalue weighted by Gasteiger charge is 2.19. The Bertz CT molecular complexity index is 1610. The average molecular weight is 1110 g/mol. The van der Waals surface area contributed by atoms with Crippen LogP contribution in [0.15, 0.2) is 109 Å². The second-order valence-corrected chi connectivity index (χ2v) is 22.3. The highest BCUT2D eigenvalue weighted by molar-refractivity contribution is 5.71. The second kappa shape index (κ2) is 67.6. The molecular weight excluding hydrogens is 985 g/mol. The zero-order valence-corrected chi connectivity index (χ0v) is 52.6. The summed E-state index contributed by atoms with van der Waals surface area (Å²) < 4.78 is 16.9. The molecule has 0 bridgehead atoms. The van der Waals surface area contributed by atoms with E-state index in [0.29, 0.717) is 19.3 Å². The van der Waals surface area contributed by atoms with Crippen LogP contribution in [0.4, 0.5) is 0 Å². The number of hydrogen-bond donors (Lipinski definition) is 0. The minimum atomic E-state index is -0.810. The molecule has 0 aromatic carbocycles. The summed E-state index contributed by atoms with van der Waals surface area (Å²) in [5.74, 6) is -0.949. The molecule has 0 fully saturated rings. The fourth-order valence-corrected chi connectivity index (χ4v) is 9.40. The molecule has 0 aliphatic heterocycles. The molecule has 1 atom stereocenters. The molecule has 0 aromatic heterocycles. The Morgan fingerprint density at radius 1 is 0.263 bits per heavy atom. The van der Waals surface area contributed by atoms with E-state index in [9.17, 15) is 14.4 Å². The van der Waals surface area contributed by atoms with Crippen LogP contribution >= 0.6 is 0 Å². The molecule has 6 heteroatoms. The van der Waals surface area contributed by atoms with E-state index < -0.39 is 6.10 Å². The Kier molecular flexibility index (Phi) is 64.3. The van der Waals surface area contributed by atoms with Crippen LogP contribution in [-0.2, 0) is 28.6 Å². The summed E-state index contributed by atoms with van der Waals surface area (Å²) in [5.41, 5.74) is 0. The van der Waals surface area contributed by atoms with E-state index in [1.807, 2.05) is 0 Å². The fraction of sp³-hybridized carbons (Fsp3) is 0.716. The summed E-state index contributed by atoms with van der Waals surface area (Å²) in [7, 11) is 0. The second-order valence-electron chi connectivity index (χ2n) is 22.3. The molecule has 1 unspecified atom stereocenters. The van der Waals surface area contributed by atoms with Crippen LogP contribution in [0.3, 0.4) is 0 Å². The van der Waals surface area contributed by atoms with Gasteiger partial charge in [-0.3, -0.25) is 14.4 Å². The summed E-state index contributed by atoms with van der Waals surface area (Å²) in [6.45, 7) is 6.47. The number of esters is 3. The van der Waals surface area contributed by atoms with E-state index >= 15 is 0 Å². The fourth-order valence-electron chi connectivity index (χ4n) is 9.40. The maximum absolute atomic E-state index is 12.9. The number of allylic oxidation sites excluding steroid dienone is 18. The van der Waals surface area contributed by atoms with Gasteiger partial charge in [-0.05, 0) is 122 Å². The monoisotopic (exact) mass is 1110 g/mol. The lowest BCUT2D eigenvalue weighted by atomic mass is 10.0. The highest BCUT2D eigenvalue weighted by Crippen LogP contribution is 2.16. The molecule has 458 valence electrons. The number of carbonyl (C=O) groups is 3. The molecule has 0 aliphatic carbocycles. The predicted molar refractivity (Wildman–Crippen MR) is 348 cm³/mol. The van der Waals surface area contributed by atoms with E-state index in [1.165, 1.54) is 161 Å². The molecule has 0 saturated carbocycles. The zero-order chi connectivity index (χ0) is 57.8. The molecule has 0 radical (unpaired) electrons. The number of ether oxygens (including phenoxy) is 3. The van der Waals surface area contributed by atoms with Gasteiger partial charge in [-0.15, -0.1) is 0 Å². The molecule has 80 heavy (non-hydrogen) atoms. The molecule has 0 heterocycles. The quantitative estimate of drug-likeness (QED) is 0.0261. The summed E-state index contributed by atoms with van der Waals surface area (Å²) >= 11 is 0. The number of unbranched alkanes of at least 4 members (excludes halogenated alkanes) is 32. The molecular formula is C74H126O6. The Balaban J connectivity index is 4.36. The van der Waals surface area contributed by atoms with Crippen molar-refractivity contribution in [3.8, 4) is 0 Å². The lowest BCUT2D eigenvalue weighted by Gasteiger charge is -2.18. The number of carbonyl (C=O) groups excluding carboxylic acids is 3. The van der Waals surface area contributed by atoms with Gasteiger partial charge >= 0.3 is 17.9 Å². The number of hydrogen-bond acceptors (Lipinski definition) is 6. The molecule has 0 N–H and O–H groups in total. The maximum atomic E-state index is 12.9. The van der Waals surface area contributed by atoms with Crippen LogP contribution in [0.5, 0.6) is 0 Å². The van der Waals surface area contributed by atoms with Crippen LogP contribution in [0.2, 0.25) is 0 Å². The zero-order valence-electron chi connectivity index (χ0n) is 52.6. The van der Waals surface area contributed by atoms with Crippen molar-refractivity contribution in [3.63, 3.8) is 0 Å². The molecule has 0 saturated heterocycles. The molecule has 0 amide bonds. The van der Waals surface area contributed by atoms with Crippen LogP contribution in [0.25, 0.3) is 0 Å². The Hall–Kier alpha value is -3.93. The third-order valence-corrected chi connectivity index (χ3v) is 14.5. The smallest absolute Gasteiger partial charge is 0.306 e. The van der Waals surface area contributed by atoms with E-state index in [1.54, 1.807) is 0 Å². The summed E-state index contributed by atoms with van der Waals surface area (Å²) in [4.78, 5) is 38.4. The Morgan fingerprint density at radius 3 is 0.838 bits per heavy atom. The average Bonchev–Trinajstić information content (AvgIpc) is 3.46. The van der Waals surface area contributed by atoms with Crippen LogP contribution in [0.1, 0.15) is 323 Å². The van der Waals surface area contributed by atoms with Gasteiger partial charge in [0.1, 0.15) is 13.2 Å². The van der Waals surface area contributed by atoms with E-state index in [4.69, 9.17) is 14.2 Å². The SMILES string of the molecule is CC/C=C\C/C=C\C/C=C\C/C=C\C/C=C\C/C=C\CCCCC(=O)OC(COC(=O)CCCCCCC/C=C\C/C=C\CCCC)COC(=O)CCCCCCCCCCCCCCCCC/C=C\CCCCCCCCCC. The van der Waals surface area contributed by atoms with Crippen molar-refractivity contribution in [1.29, 1.82) is 0 Å². The minimum absolute atomic E-state index is 0.0999. The van der Waals surface area contributed by atoms with Gasteiger partial charge in [0, 0.05) is 19.3 Å². The van der Waals surface area contributed by atoms with Crippen molar-refractivity contribution in [1.82, 2.24) is 0 Å². The highest BCUT2D eigenvalue weighted by atomic mass is 16.6. The van der Waals surface area contributed by atoms with Crippen molar-refractivity contribution in [2.24, 2.45) is 0 Å². The third kappa shape index (κ3) is 64.9. The van der Waals surface area contributed by atoms with Gasteiger partial charge < -0.3 is 14.2 Å². The first-order chi connectivity index (χ1) is 39.5. The van der Waals surface area contributed by atoms with E-state index in [0.717, 1.165) is 116 Å². The largest absolute Gasteiger partial charge is 0.462 e. The Labute approximate surface area is 495 Å². The van der Waals surface area contributed by atoms with Crippen molar-refractivity contribution in [2.45, 2.75) is 329 Å². The lowest BCUT2D eigenvalue weighted by molar-refractivity contribution is -0.167. The minimum Gasteiger partial charge on any atom is -0.462 e. The first-order valence-corrected chi connectivity index (χ1v) is 33.9. The molecule has 6 nitrogen and oxygen atoms in total. The molecule has 0 aliphatic rings. The summed E-state index contributed by atoms with van der Waals surface area (Å²) in [6, 6.07) is 0. The maximum Gasteiger partial charge on any atom is 0.306 e. The molecule has 0 rings (SSSR count). The Morgan fingerprint density at radius 2 is 0.500 bits per heavy atom. The lowest BCUT2D eigenvalue weighted by Crippen LogP contribution is -2.30. The van der Waals surface area contributed by atoms with Gasteiger partial charge in [-0.25, -0.2) is 0 Å². The first kappa shape index (κ1) is 76.1. The first-order valence-electron chi connectivity index (χ1n) is 33.9. The summed E-state index contributed by atoms with van der Waals surface area (Å²) in [5, 5.41) is 0. The van der Waals surface area contributed by atoms with Gasteiger partial charge in [0.2, 0.25) is 0 Å². The van der Waals surface area contributed by atoms with Gasteiger partial charge in [-0.1, -0.05) is 291 Å². The van der Waals surface area contributed by atoms with Crippen molar-refractivity contribution >= 4 is 17.9 Å². The summed E-state index contributed by atoms with van der Waals surface area (Å²) in [6.07, 6.45) is 92.6. The van der Waals surface area contributed by atoms with Crippen molar-refractivity contribution < 1.29 is 28.6 Å². The third-order valence-electron chi connectivity index (χ3n) is 14.5. The molecule has 0 spiro atoms. The number of rotatable bonds is 61. The van der Waals surface area contributed by atoms with Gasteiger partial charge in [0.25, 0.3) is 0 Å². The van der Waals surface area contributed by atoms with Crippen molar-refractivity contribution in [3.05, 3.63) is 109 Å². The van der Waals surface area contributed by atoms with Crippen molar-refractivity contribution in [2.75, 3.05) is 13.2 Å². The van der Waals surface area contributed by atoms with E-state index in [2.05, 4.69) is 130 Å². The van der Waals surface area contributed by atoms with Gasteiger partial charge in [0.15, 0.2) is 6.10 Å².